The standard InChI is InChI=1S/C22H27ClN2O3S2/c1-29-21-11-10-19(16-20(21)22(26)25-14-4-2-3-5-15-25)30(27,28)24-13-12-17-6-8-18(23)9-7-17/h6-11,16,24H,2-5,12-15H2,1H3. The molecule has 0 unspecified atom stereocenters. The Morgan fingerprint density at radius 3 is 2.37 bits per heavy atom. The molecular formula is C22H27ClN2O3S2. The Kier molecular flexibility index (Phi) is 8.22. The molecule has 0 radical (unpaired) electrons. The third-order valence-electron chi connectivity index (χ3n) is 5.22. The summed E-state index contributed by atoms with van der Waals surface area (Å²) in [5.41, 5.74) is 1.46. The van der Waals surface area contributed by atoms with Crippen molar-refractivity contribution >= 4 is 39.3 Å². The van der Waals surface area contributed by atoms with E-state index in [0.29, 0.717) is 17.0 Å². The quantitative estimate of drug-likeness (QED) is 0.605. The van der Waals surface area contributed by atoms with Gasteiger partial charge in [0.05, 0.1) is 10.5 Å². The van der Waals surface area contributed by atoms with Crippen LogP contribution in [0.15, 0.2) is 52.3 Å². The number of carbonyl (C=O) groups is 1. The lowest BCUT2D eigenvalue weighted by Gasteiger charge is -2.22. The van der Waals surface area contributed by atoms with Crippen molar-refractivity contribution < 1.29 is 13.2 Å². The fourth-order valence-electron chi connectivity index (χ4n) is 3.53. The first-order valence-corrected chi connectivity index (χ1v) is 13.2. The van der Waals surface area contributed by atoms with Crippen LogP contribution in [-0.2, 0) is 16.4 Å². The van der Waals surface area contributed by atoms with Gasteiger partial charge in [-0.2, -0.15) is 0 Å². The molecule has 0 spiro atoms. The van der Waals surface area contributed by atoms with E-state index >= 15 is 0 Å². The number of halogens is 1. The lowest BCUT2D eigenvalue weighted by atomic mass is 10.2. The van der Waals surface area contributed by atoms with Gasteiger partial charge < -0.3 is 4.90 Å². The van der Waals surface area contributed by atoms with Gasteiger partial charge in [0.1, 0.15) is 0 Å². The molecule has 8 heteroatoms. The Balaban J connectivity index is 1.74. The Morgan fingerprint density at radius 2 is 1.73 bits per heavy atom. The summed E-state index contributed by atoms with van der Waals surface area (Å²) in [4.78, 5) is 15.9. The second kappa shape index (κ2) is 10.7. The summed E-state index contributed by atoms with van der Waals surface area (Å²) >= 11 is 7.34. The minimum absolute atomic E-state index is 0.0838. The molecule has 5 nitrogen and oxygen atoms in total. The Hall–Kier alpha value is -1.54. The summed E-state index contributed by atoms with van der Waals surface area (Å²) in [6.07, 6.45) is 6.69. The van der Waals surface area contributed by atoms with Gasteiger partial charge in [-0.25, -0.2) is 13.1 Å². The van der Waals surface area contributed by atoms with Crippen molar-refractivity contribution in [3.8, 4) is 0 Å². The Bertz CT molecular complexity index is 970. The van der Waals surface area contributed by atoms with Crippen molar-refractivity contribution in [2.45, 2.75) is 41.9 Å². The molecule has 3 rings (SSSR count). The van der Waals surface area contributed by atoms with Gasteiger partial charge in [0.15, 0.2) is 0 Å². The zero-order chi connectivity index (χ0) is 21.6. The average molecular weight is 467 g/mol. The summed E-state index contributed by atoms with van der Waals surface area (Å²) < 4.78 is 28.3. The largest absolute Gasteiger partial charge is 0.339 e. The van der Waals surface area contributed by atoms with Crippen LogP contribution in [0.1, 0.15) is 41.6 Å². The molecule has 0 saturated carbocycles. The molecule has 1 N–H and O–H groups in total. The second-order valence-corrected chi connectivity index (χ2v) is 10.4. The van der Waals surface area contributed by atoms with Crippen molar-refractivity contribution in [2.24, 2.45) is 0 Å². The number of nitrogens with zero attached hydrogens (tertiary/aromatic N) is 1. The van der Waals surface area contributed by atoms with Crippen molar-refractivity contribution in [3.63, 3.8) is 0 Å². The van der Waals surface area contributed by atoms with Gasteiger partial charge in [0.25, 0.3) is 5.91 Å². The number of nitrogens with one attached hydrogen (secondary N) is 1. The van der Waals surface area contributed by atoms with Gasteiger partial charge in [0.2, 0.25) is 10.0 Å². The minimum Gasteiger partial charge on any atom is -0.339 e. The van der Waals surface area contributed by atoms with E-state index in [-0.39, 0.29) is 17.3 Å². The second-order valence-electron chi connectivity index (χ2n) is 7.34. The molecule has 1 amide bonds. The van der Waals surface area contributed by atoms with Crippen LogP contribution in [0.3, 0.4) is 0 Å². The molecule has 1 saturated heterocycles. The van der Waals surface area contributed by atoms with E-state index in [0.717, 1.165) is 49.2 Å². The normalized spacial score (nSPS) is 15.1. The van der Waals surface area contributed by atoms with Gasteiger partial charge in [-0.1, -0.05) is 36.6 Å². The molecule has 30 heavy (non-hydrogen) atoms. The Labute approximate surface area is 188 Å². The highest BCUT2D eigenvalue weighted by Gasteiger charge is 2.23. The predicted octanol–water partition coefficient (Wildman–Crippen LogP) is 4.60. The predicted molar refractivity (Wildman–Crippen MR) is 123 cm³/mol. The van der Waals surface area contributed by atoms with E-state index in [9.17, 15) is 13.2 Å². The first-order valence-electron chi connectivity index (χ1n) is 10.1. The van der Waals surface area contributed by atoms with Gasteiger partial charge in [0, 0.05) is 29.6 Å². The van der Waals surface area contributed by atoms with Crippen LogP contribution in [0, 0.1) is 0 Å². The molecule has 0 aromatic heterocycles. The van der Waals surface area contributed by atoms with Crippen molar-refractivity contribution in [2.75, 3.05) is 25.9 Å². The number of rotatable bonds is 7. The molecule has 1 fully saturated rings. The zero-order valence-corrected chi connectivity index (χ0v) is 19.5. The molecule has 2 aromatic rings. The molecular weight excluding hydrogens is 440 g/mol. The van der Waals surface area contributed by atoms with Crippen LogP contribution in [-0.4, -0.2) is 45.1 Å². The molecule has 0 bridgehead atoms. The van der Waals surface area contributed by atoms with Crippen molar-refractivity contribution in [1.82, 2.24) is 9.62 Å². The van der Waals surface area contributed by atoms with Crippen LogP contribution >= 0.6 is 23.4 Å². The fourth-order valence-corrected chi connectivity index (χ4v) is 5.28. The maximum absolute atomic E-state index is 13.1. The molecule has 2 aromatic carbocycles. The van der Waals surface area contributed by atoms with Crippen LogP contribution < -0.4 is 4.72 Å². The van der Waals surface area contributed by atoms with Gasteiger partial charge in [-0.15, -0.1) is 11.8 Å². The first kappa shape index (κ1) is 23.1. The van der Waals surface area contributed by atoms with Crippen molar-refractivity contribution in [3.05, 3.63) is 58.6 Å². The first-order chi connectivity index (χ1) is 14.4. The highest BCUT2D eigenvalue weighted by Crippen LogP contribution is 2.26. The zero-order valence-electron chi connectivity index (χ0n) is 17.1. The fraction of sp³-hybridized carbons (Fsp3) is 0.409. The van der Waals surface area contributed by atoms with Crippen LogP contribution in [0.2, 0.25) is 5.02 Å². The minimum atomic E-state index is -3.71. The van der Waals surface area contributed by atoms with E-state index in [4.69, 9.17) is 11.6 Å². The van der Waals surface area contributed by atoms with Crippen molar-refractivity contribution in [1.29, 1.82) is 0 Å². The average Bonchev–Trinajstić information content (AvgIpc) is 3.03. The summed E-state index contributed by atoms with van der Waals surface area (Å²) in [5.74, 6) is -0.0838. The number of thioether (sulfide) groups is 1. The maximum atomic E-state index is 13.1. The van der Waals surface area contributed by atoms with Gasteiger partial charge >= 0.3 is 0 Å². The number of hydrogen-bond donors (Lipinski definition) is 1. The molecule has 1 aliphatic heterocycles. The van der Waals surface area contributed by atoms with E-state index < -0.39 is 10.0 Å². The van der Waals surface area contributed by atoms with E-state index in [1.807, 2.05) is 23.3 Å². The monoisotopic (exact) mass is 466 g/mol. The number of amides is 1. The number of hydrogen-bond acceptors (Lipinski definition) is 4. The molecule has 1 heterocycles. The topological polar surface area (TPSA) is 66.5 Å². The maximum Gasteiger partial charge on any atom is 0.255 e. The lowest BCUT2D eigenvalue weighted by molar-refractivity contribution is 0.0758. The smallest absolute Gasteiger partial charge is 0.255 e. The van der Waals surface area contributed by atoms with Crippen LogP contribution in [0.5, 0.6) is 0 Å². The van der Waals surface area contributed by atoms with Crippen LogP contribution in [0.4, 0.5) is 0 Å². The van der Waals surface area contributed by atoms with Crippen LogP contribution in [0.25, 0.3) is 0 Å². The summed E-state index contributed by atoms with van der Waals surface area (Å²) in [6, 6.07) is 12.1. The third kappa shape index (κ3) is 6.00. The number of sulfonamides is 1. The summed E-state index contributed by atoms with van der Waals surface area (Å²) in [6.45, 7) is 1.72. The lowest BCUT2D eigenvalue weighted by Crippen LogP contribution is -2.32. The van der Waals surface area contributed by atoms with Gasteiger partial charge in [-0.05, 0) is 61.4 Å². The SMILES string of the molecule is CSc1ccc(S(=O)(=O)NCCc2ccc(Cl)cc2)cc1C(=O)N1CCCCCC1. The summed E-state index contributed by atoms with van der Waals surface area (Å²) in [5, 5.41) is 0.648. The highest BCUT2D eigenvalue weighted by molar-refractivity contribution is 7.98. The molecule has 162 valence electrons. The third-order valence-corrected chi connectivity index (χ3v) is 7.73. The Morgan fingerprint density at radius 1 is 1.07 bits per heavy atom. The summed E-state index contributed by atoms with van der Waals surface area (Å²) in [7, 11) is -3.71. The molecule has 1 aliphatic rings. The highest BCUT2D eigenvalue weighted by atomic mass is 35.5. The number of carbonyl (C=O) groups excluding carboxylic acids is 1. The number of likely N-dealkylation sites (tertiary alicyclic amines) is 1. The molecule has 0 atom stereocenters. The van der Waals surface area contributed by atoms with E-state index in [1.54, 1.807) is 24.3 Å². The van der Waals surface area contributed by atoms with E-state index in [2.05, 4.69) is 4.72 Å². The number of benzene rings is 2. The molecule has 0 aliphatic carbocycles. The van der Waals surface area contributed by atoms with Gasteiger partial charge in [-0.3, -0.25) is 4.79 Å². The van der Waals surface area contributed by atoms with E-state index in [1.165, 1.54) is 17.8 Å².